The number of carbonyl (C=O) groups is 4. The molecule has 0 aromatic heterocycles. The van der Waals surface area contributed by atoms with E-state index in [4.69, 9.17) is 4.74 Å². The topological polar surface area (TPSA) is 92.8 Å². The van der Waals surface area contributed by atoms with Crippen molar-refractivity contribution in [2.75, 3.05) is 23.4 Å². The van der Waals surface area contributed by atoms with Gasteiger partial charge in [0.25, 0.3) is 5.91 Å². The minimum atomic E-state index is -0.407. The van der Waals surface area contributed by atoms with Crippen LogP contribution in [0.5, 0.6) is 0 Å². The number of anilines is 2. The van der Waals surface area contributed by atoms with Crippen molar-refractivity contribution in [3.63, 3.8) is 0 Å². The van der Waals surface area contributed by atoms with Crippen molar-refractivity contribution in [3.05, 3.63) is 24.3 Å². The molecule has 7 nitrogen and oxygen atoms in total. The van der Waals surface area contributed by atoms with Crippen LogP contribution < -0.4 is 10.2 Å². The molecule has 1 heterocycles. The standard InChI is InChI=1S/C22H26N2O5/c25-19(23-17-6-8-18(9-7-17)24-10-2-5-20(24)26)13-29-22(28)16-11-14-3-1-4-15(12-16)21(14)27/h6-9,14-16H,1-5,10-13H2,(H,23,25)/t14-,15+,16?. The normalized spacial score (nSPS) is 26.3. The van der Waals surface area contributed by atoms with E-state index >= 15 is 0 Å². The summed E-state index contributed by atoms with van der Waals surface area (Å²) in [5.41, 5.74) is 1.40. The molecule has 1 saturated heterocycles. The van der Waals surface area contributed by atoms with Crippen molar-refractivity contribution in [2.24, 2.45) is 17.8 Å². The summed E-state index contributed by atoms with van der Waals surface area (Å²) < 4.78 is 5.22. The highest BCUT2D eigenvalue weighted by atomic mass is 16.5. The van der Waals surface area contributed by atoms with Gasteiger partial charge in [-0.3, -0.25) is 19.2 Å². The molecule has 1 aromatic carbocycles. The monoisotopic (exact) mass is 398 g/mol. The van der Waals surface area contributed by atoms with E-state index in [0.29, 0.717) is 30.7 Å². The number of amides is 2. The van der Waals surface area contributed by atoms with Crippen molar-refractivity contribution in [1.82, 2.24) is 0 Å². The summed E-state index contributed by atoms with van der Waals surface area (Å²) in [6, 6.07) is 7.05. The molecular formula is C22H26N2O5. The number of nitrogens with zero attached hydrogens (tertiary/aromatic N) is 1. The number of hydrogen-bond donors (Lipinski definition) is 1. The summed E-state index contributed by atoms with van der Waals surface area (Å²) in [4.78, 5) is 50.2. The second-order valence-corrected chi connectivity index (χ2v) is 8.25. The fourth-order valence-electron chi connectivity index (χ4n) is 4.77. The van der Waals surface area contributed by atoms with Crippen molar-refractivity contribution in [2.45, 2.75) is 44.9 Å². The third kappa shape index (κ3) is 4.33. The Bertz CT molecular complexity index is 803. The molecule has 0 spiro atoms. The number of ketones is 1. The summed E-state index contributed by atoms with van der Waals surface area (Å²) in [5.74, 6) is -0.694. The predicted octanol–water partition coefficient (Wildman–Crippen LogP) is 2.69. The van der Waals surface area contributed by atoms with Crippen LogP contribution >= 0.6 is 0 Å². The van der Waals surface area contributed by atoms with E-state index < -0.39 is 5.91 Å². The Morgan fingerprint density at radius 2 is 1.72 bits per heavy atom. The first-order valence-corrected chi connectivity index (χ1v) is 10.4. The van der Waals surface area contributed by atoms with Crippen LogP contribution in [-0.2, 0) is 23.9 Å². The van der Waals surface area contributed by atoms with Gasteiger partial charge in [0.15, 0.2) is 6.61 Å². The van der Waals surface area contributed by atoms with Crippen LogP contribution in [0.3, 0.4) is 0 Å². The van der Waals surface area contributed by atoms with Gasteiger partial charge in [-0.05, 0) is 56.4 Å². The van der Waals surface area contributed by atoms with Gasteiger partial charge in [-0.2, -0.15) is 0 Å². The maximum atomic E-state index is 12.4. The van der Waals surface area contributed by atoms with Crippen molar-refractivity contribution >= 4 is 34.9 Å². The SMILES string of the molecule is O=C(COC(=O)C1C[C@H]2CCC[C@@H](C1)C2=O)Nc1ccc(N2CCCC2=O)cc1. The van der Waals surface area contributed by atoms with Crippen LogP contribution in [0.4, 0.5) is 11.4 Å². The molecule has 4 rings (SSSR count). The van der Waals surface area contributed by atoms with Gasteiger partial charge in [0, 0.05) is 36.2 Å². The van der Waals surface area contributed by atoms with E-state index in [1.54, 1.807) is 29.2 Å². The molecule has 1 aliphatic heterocycles. The van der Waals surface area contributed by atoms with E-state index in [1.807, 2.05) is 0 Å². The van der Waals surface area contributed by atoms with Gasteiger partial charge in [-0.15, -0.1) is 0 Å². The fourth-order valence-corrected chi connectivity index (χ4v) is 4.77. The van der Waals surface area contributed by atoms with Gasteiger partial charge in [-0.1, -0.05) is 6.42 Å². The number of nitrogens with one attached hydrogen (secondary N) is 1. The third-order valence-corrected chi connectivity index (χ3v) is 6.26. The second kappa shape index (κ2) is 8.35. The lowest BCUT2D eigenvalue weighted by Crippen LogP contribution is -2.40. The van der Waals surface area contributed by atoms with E-state index in [9.17, 15) is 19.2 Å². The number of benzene rings is 1. The predicted molar refractivity (Wildman–Crippen MR) is 106 cm³/mol. The van der Waals surface area contributed by atoms with E-state index in [2.05, 4.69) is 5.32 Å². The zero-order chi connectivity index (χ0) is 20.4. The summed E-state index contributed by atoms with van der Waals surface area (Å²) >= 11 is 0. The van der Waals surface area contributed by atoms with Gasteiger partial charge >= 0.3 is 5.97 Å². The number of carbonyl (C=O) groups excluding carboxylic acids is 4. The van der Waals surface area contributed by atoms with Crippen LogP contribution in [0.25, 0.3) is 0 Å². The Morgan fingerprint density at radius 1 is 1.03 bits per heavy atom. The average molecular weight is 398 g/mol. The van der Waals surface area contributed by atoms with Crippen LogP contribution in [0.15, 0.2) is 24.3 Å². The molecule has 2 saturated carbocycles. The zero-order valence-corrected chi connectivity index (χ0v) is 16.4. The molecule has 29 heavy (non-hydrogen) atoms. The lowest BCUT2D eigenvalue weighted by atomic mass is 9.67. The number of hydrogen-bond acceptors (Lipinski definition) is 5. The summed E-state index contributed by atoms with van der Waals surface area (Å²) in [6.07, 6.45) is 5.30. The fraction of sp³-hybridized carbons (Fsp3) is 0.545. The smallest absolute Gasteiger partial charge is 0.309 e. The molecule has 3 atom stereocenters. The molecule has 1 N–H and O–H groups in total. The van der Waals surface area contributed by atoms with Crippen LogP contribution in [-0.4, -0.2) is 36.7 Å². The highest BCUT2D eigenvalue weighted by Gasteiger charge is 2.41. The Morgan fingerprint density at radius 3 is 2.34 bits per heavy atom. The van der Waals surface area contributed by atoms with E-state index in [0.717, 1.165) is 37.9 Å². The van der Waals surface area contributed by atoms with Crippen molar-refractivity contribution in [1.29, 1.82) is 0 Å². The van der Waals surface area contributed by atoms with Crippen molar-refractivity contribution < 1.29 is 23.9 Å². The lowest BCUT2D eigenvalue weighted by Gasteiger charge is -2.36. The lowest BCUT2D eigenvalue weighted by molar-refractivity contribution is -0.155. The van der Waals surface area contributed by atoms with Crippen LogP contribution in [0.2, 0.25) is 0 Å². The molecule has 3 fully saturated rings. The molecule has 0 radical (unpaired) electrons. The number of rotatable bonds is 5. The molecule has 3 aliphatic rings. The van der Waals surface area contributed by atoms with Crippen LogP contribution in [0, 0.1) is 17.8 Å². The Balaban J connectivity index is 1.25. The van der Waals surface area contributed by atoms with Gasteiger partial charge in [0.2, 0.25) is 5.91 Å². The number of ether oxygens (including phenoxy) is 1. The maximum absolute atomic E-state index is 12.4. The van der Waals surface area contributed by atoms with E-state index in [1.165, 1.54) is 0 Å². The summed E-state index contributed by atoms with van der Waals surface area (Å²) in [5, 5.41) is 2.70. The largest absolute Gasteiger partial charge is 0.455 e. The maximum Gasteiger partial charge on any atom is 0.309 e. The molecule has 2 amide bonds. The molecule has 2 bridgehead atoms. The quantitative estimate of drug-likeness (QED) is 0.770. The third-order valence-electron chi connectivity index (χ3n) is 6.26. The minimum Gasteiger partial charge on any atom is -0.455 e. The molecule has 2 aliphatic carbocycles. The number of fused-ring (bicyclic) bond motifs is 2. The zero-order valence-electron chi connectivity index (χ0n) is 16.4. The first-order valence-electron chi connectivity index (χ1n) is 10.4. The Labute approximate surface area is 169 Å². The van der Waals surface area contributed by atoms with E-state index in [-0.39, 0.29) is 36.2 Å². The highest BCUT2D eigenvalue weighted by molar-refractivity contribution is 5.96. The van der Waals surface area contributed by atoms with Gasteiger partial charge < -0.3 is 15.0 Å². The van der Waals surface area contributed by atoms with Gasteiger partial charge in [-0.25, -0.2) is 0 Å². The number of Topliss-reactive ketones (excluding diaryl/α,β-unsaturated/α-hetero) is 1. The molecule has 154 valence electrons. The summed E-state index contributed by atoms with van der Waals surface area (Å²) in [7, 11) is 0. The molecule has 1 unspecified atom stereocenters. The molecular weight excluding hydrogens is 372 g/mol. The Hall–Kier alpha value is -2.70. The van der Waals surface area contributed by atoms with Crippen molar-refractivity contribution in [3.8, 4) is 0 Å². The number of esters is 1. The van der Waals surface area contributed by atoms with Gasteiger partial charge in [0.1, 0.15) is 5.78 Å². The Kier molecular flexibility index (Phi) is 5.65. The highest BCUT2D eigenvalue weighted by Crippen LogP contribution is 2.40. The average Bonchev–Trinajstić information content (AvgIpc) is 3.12. The first kappa shape index (κ1) is 19.6. The minimum absolute atomic E-state index is 0.0186. The second-order valence-electron chi connectivity index (χ2n) is 8.25. The summed E-state index contributed by atoms with van der Waals surface area (Å²) in [6.45, 7) is 0.375. The van der Waals surface area contributed by atoms with Gasteiger partial charge in [0.05, 0.1) is 5.92 Å². The van der Waals surface area contributed by atoms with Crippen LogP contribution in [0.1, 0.15) is 44.9 Å². The first-order chi connectivity index (χ1) is 14.0. The molecule has 7 heteroatoms. The molecule has 1 aromatic rings.